The van der Waals surface area contributed by atoms with E-state index in [1.165, 1.54) is 4.90 Å². The van der Waals surface area contributed by atoms with Gasteiger partial charge in [0.1, 0.15) is 6.04 Å². The van der Waals surface area contributed by atoms with Crippen LogP contribution in [0.2, 0.25) is 0 Å². The van der Waals surface area contributed by atoms with Crippen LogP contribution in [0, 0.1) is 13.8 Å². The Kier molecular flexibility index (Phi) is 5.86. The van der Waals surface area contributed by atoms with Crippen LogP contribution in [0.1, 0.15) is 22.7 Å². The van der Waals surface area contributed by atoms with Crippen LogP contribution >= 0.6 is 12.4 Å². The second-order valence-electron chi connectivity index (χ2n) is 5.07. The van der Waals surface area contributed by atoms with Crippen LogP contribution in [-0.2, 0) is 0 Å². The average Bonchev–Trinajstić information content (AvgIpc) is 2.34. The van der Waals surface area contributed by atoms with Crippen LogP contribution in [0.15, 0.2) is 18.2 Å². The molecule has 1 N–H and O–H groups in total. The van der Waals surface area contributed by atoms with Gasteiger partial charge in [0.15, 0.2) is 0 Å². The van der Waals surface area contributed by atoms with Crippen LogP contribution in [0.4, 0.5) is 13.2 Å². The highest BCUT2D eigenvalue weighted by molar-refractivity contribution is 5.85. The molecule has 114 valence electrons. The first kappa shape index (κ1) is 17.3. The van der Waals surface area contributed by atoms with Gasteiger partial charge < -0.3 is 5.32 Å². The lowest BCUT2D eigenvalue weighted by atomic mass is 9.99. The first-order chi connectivity index (χ1) is 8.89. The Morgan fingerprint density at radius 1 is 1.10 bits per heavy atom. The molecule has 0 spiro atoms. The fraction of sp³-hybridized carbons (Fsp3) is 0.571. The van der Waals surface area contributed by atoms with Gasteiger partial charge in [-0.05, 0) is 30.5 Å². The molecule has 2 rings (SSSR count). The SMILES string of the molecule is Cc1ccc([C@@H](N2CCNCC2)C(F)(F)F)cc1C.Cl. The predicted molar refractivity (Wildman–Crippen MR) is 76.4 cm³/mol. The van der Waals surface area contributed by atoms with E-state index in [2.05, 4.69) is 5.32 Å². The summed E-state index contributed by atoms with van der Waals surface area (Å²) in [6.45, 7) is 5.83. The molecule has 0 radical (unpaired) electrons. The zero-order valence-corrected chi connectivity index (χ0v) is 12.4. The molecule has 1 aromatic carbocycles. The molecule has 20 heavy (non-hydrogen) atoms. The van der Waals surface area contributed by atoms with Crippen LogP contribution in [0.25, 0.3) is 0 Å². The van der Waals surface area contributed by atoms with Crippen molar-refractivity contribution in [2.45, 2.75) is 26.1 Å². The molecular weight excluding hydrogens is 289 g/mol. The Balaban J connectivity index is 0.00000200. The third-order valence-corrected chi connectivity index (χ3v) is 3.67. The van der Waals surface area contributed by atoms with Crippen molar-refractivity contribution in [3.05, 3.63) is 34.9 Å². The third kappa shape index (κ3) is 3.87. The minimum absolute atomic E-state index is 0. The molecule has 2 nitrogen and oxygen atoms in total. The number of halogens is 4. The van der Waals surface area contributed by atoms with Gasteiger partial charge in [-0.25, -0.2) is 0 Å². The predicted octanol–water partition coefficient (Wildman–Crippen LogP) is 3.23. The number of rotatable bonds is 2. The molecule has 0 amide bonds. The van der Waals surface area contributed by atoms with Crippen molar-refractivity contribution in [3.63, 3.8) is 0 Å². The Hall–Kier alpha value is -0.780. The molecule has 1 heterocycles. The lowest BCUT2D eigenvalue weighted by Crippen LogP contribution is -2.49. The van der Waals surface area contributed by atoms with E-state index in [1.54, 1.807) is 18.2 Å². The smallest absolute Gasteiger partial charge is 0.314 e. The zero-order chi connectivity index (χ0) is 14.0. The quantitative estimate of drug-likeness (QED) is 0.902. The van der Waals surface area contributed by atoms with Crippen molar-refractivity contribution in [3.8, 4) is 0 Å². The van der Waals surface area contributed by atoms with E-state index < -0.39 is 12.2 Å². The van der Waals surface area contributed by atoms with E-state index in [4.69, 9.17) is 0 Å². The molecule has 0 aromatic heterocycles. The largest absolute Gasteiger partial charge is 0.408 e. The average molecular weight is 309 g/mol. The summed E-state index contributed by atoms with van der Waals surface area (Å²) < 4.78 is 40.1. The van der Waals surface area contributed by atoms with Gasteiger partial charge in [0.2, 0.25) is 0 Å². The molecule has 1 aliphatic rings. The highest BCUT2D eigenvalue weighted by Gasteiger charge is 2.44. The number of hydrogen-bond acceptors (Lipinski definition) is 2. The number of aryl methyl sites for hydroxylation is 2. The second kappa shape index (κ2) is 6.78. The Morgan fingerprint density at radius 3 is 2.20 bits per heavy atom. The number of benzene rings is 1. The van der Waals surface area contributed by atoms with Crippen molar-refractivity contribution >= 4 is 12.4 Å². The van der Waals surface area contributed by atoms with Crippen molar-refractivity contribution in [1.29, 1.82) is 0 Å². The topological polar surface area (TPSA) is 15.3 Å². The van der Waals surface area contributed by atoms with Gasteiger partial charge in [0.25, 0.3) is 0 Å². The van der Waals surface area contributed by atoms with Crippen molar-refractivity contribution in [1.82, 2.24) is 10.2 Å². The van der Waals surface area contributed by atoms with E-state index in [0.29, 0.717) is 31.7 Å². The van der Waals surface area contributed by atoms with Crippen LogP contribution in [-0.4, -0.2) is 37.3 Å². The third-order valence-electron chi connectivity index (χ3n) is 3.67. The number of alkyl halides is 3. The molecule has 0 unspecified atom stereocenters. The summed E-state index contributed by atoms with van der Waals surface area (Å²) in [4.78, 5) is 1.51. The maximum absolute atomic E-state index is 13.4. The summed E-state index contributed by atoms with van der Waals surface area (Å²) in [7, 11) is 0. The number of nitrogens with one attached hydrogen (secondary N) is 1. The minimum Gasteiger partial charge on any atom is -0.314 e. The lowest BCUT2D eigenvalue weighted by Gasteiger charge is -2.36. The van der Waals surface area contributed by atoms with Gasteiger partial charge in [-0.1, -0.05) is 18.2 Å². The monoisotopic (exact) mass is 308 g/mol. The molecule has 1 aromatic rings. The molecule has 1 atom stereocenters. The fourth-order valence-electron chi connectivity index (χ4n) is 2.48. The Bertz CT molecular complexity index is 443. The molecule has 0 aliphatic carbocycles. The van der Waals surface area contributed by atoms with Crippen LogP contribution in [0.5, 0.6) is 0 Å². The highest BCUT2D eigenvalue weighted by Crippen LogP contribution is 2.38. The molecule has 6 heteroatoms. The summed E-state index contributed by atoms with van der Waals surface area (Å²) in [6, 6.07) is 3.54. The minimum atomic E-state index is -4.24. The van der Waals surface area contributed by atoms with E-state index in [9.17, 15) is 13.2 Å². The van der Waals surface area contributed by atoms with Crippen molar-refractivity contribution in [2.24, 2.45) is 0 Å². The first-order valence-electron chi connectivity index (χ1n) is 6.48. The van der Waals surface area contributed by atoms with Crippen LogP contribution in [0.3, 0.4) is 0 Å². The number of nitrogens with zero attached hydrogens (tertiary/aromatic N) is 1. The molecule has 0 bridgehead atoms. The fourth-order valence-corrected chi connectivity index (χ4v) is 2.48. The van der Waals surface area contributed by atoms with Gasteiger partial charge in [-0.2, -0.15) is 13.2 Å². The van der Waals surface area contributed by atoms with Crippen molar-refractivity contribution < 1.29 is 13.2 Å². The Labute approximate surface area is 123 Å². The van der Waals surface area contributed by atoms with Crippen LogP contribution < -0.4 is 5.32 Å². The summed E-state index contributed by atoms with van der Waals surface area (Å²) in [5.74, 6) is 0. The summed E-state index contributed by atoms with van der Waals surface area (Å²) >= 11 is 0. The molecule has 0 saturated carbocycles. The highest BCUT2D eigenvalue weighted by atomic mass is 35.5. The van der Waals surface area contributed by atoms with Gasteiger partial charge in [0, 0.05) is 26.2 Å². The molecular formula is C14H20ClF3N2. The zero-order valence-electron chi connectivity index (χ0n) is 11.6. The number of hydrogen-bond donors (Lipinski definition) is 1. The Morgan fingerprint density at radius 2 is 1.70 bits per heavy atom. The second-order valence-corrected chi connectivity index (χ2v) is 5.07. The van der Waals surface area contributed by atoms with Gasteiger partial charge in [-0.15, -0.1) is 12.4 Å². The van der Waals surface area contributed by atoms with E-state index in [0.717, 1.165) is 11.1 Å². The van der Waals surface area contributed by atoms with E-state index in [1.807, 2.05) is 13.8 Å². The van der Waals surface area contributed by atoms with Gasteiger partial charge in [0.05, 0.1) is 0 Å². The van der Waals surface area contributed by atoms with Gasteiger partial charge >= 0.3 is 6.18 Å². The van der Waals surface area contributed by atoms with Crippen molar-refractivity contribution in [2.75, 3.05) is 26.2 Å². The summed E-state index contributed by atoms with van der Waals surface area (Å²) in [6.07, 6.45) is -4.24. The molecule has 1 aliphatic heterocycles. The summed E-state index contributed by atoms with van der Waals surface area (Å²) in [5.41, 5.74) is 2.27. The first-order valence-corrected chi connectivity index (χ1v) is 6.48. The lowest BCUT2D eigenvalue weighted by molar-refractivity contribution is -0.187. The summed E-state index contributed by atoms with van der Waals surface area (Å²) in [5, 5.41) is 3.08. The maximum atomic E-state index is 13.4. The maximum Gasteiger partial charge on any atom is 0.408 e. The van der Waals surface area contributed by atoms with E-state index in [-0.39, 0.29) is 12.4 Å². The molecule has 1 fully saturated rings. The normalized spacial score (nSPS) is 18.4. The molecule has 1 saturated heterocycles. The standard InChI is InChI=1S/C14H19F3N2.ClH/c1-10-3-4-12(9-11(10)2)13(14(15,16)17)19-7-5-18-6-8-19;/h3-4,9,13,18H,5-8H2,1-2H3;1H/t13-;/m1./s1. The van der Waals surface area contributed by atoms with E-state index >= 15 is 0 Å². The number of piperazine rings is 1. The van der Waals surface area contributed by atoms with Gasteiger partial charge in [-0.3, -0.25) is 4.90 Å².